The summed E-state index contributed by atoms with van der Waals surface area (Å²) in [7, 11) is 6.85. The second kappa shape index (κ2) is 7.13. The summed E-state index contributed by atoms with van der Waals surface area (Å²) < 4.78 is 24.5. The van der Waals surface area contributed by atoms with Gasteiger partial charge in [-0.25, -0.2) is 0 Å². The van der Waals surface area contributed by atoms with Crippen LogP contribution in [0.5, 0.6) is 0 Å². The van der Waals surface area contributed by atoms with Gasteiger partial charge in [0.2, 0.25) is 0 Å². The summed E-state index contributed by atoms with van der Waals surface area (Å²) in [5.74, 6) is -0.0916. The normalized spacial score (nSPS) is 60.9. The van der Waals surface area contributed by atoms with Crippen LogP contribution in [0.4, 0.5) is 0 Å². The molecular weight excluding hydrogens is 426 g/mol. The van der Waals surface area contributed by atoms with Gasteiger partial charge < -0.3 is 34.3 Å². The number of likely N-dealkylation sites (N-methyl/N-ethyl adjacent to an activating group) is 1. The quantitative estimate of drug-likeness (QED) is 0.512. The van der Waals surface area contributed by atoms with Crippen LogP contribution in [0.15, 0.2) is 0 Å². The number of aliphatic hydroxyl groups excluding tert-OH is 1. The molecule has 7 bridgehead atoms. The van der Waals surface area contributed by atoms with E-state index in [2.05, 4.69) is 11.8 Å². The molecule has 33 heavy (non-hydrogen) atoms. The lowest BCUT2D eigenvalue weighted by Crippen LogP contribution is -2.82. The Hall–Kier alpha value is -0.320. The van der Waals surface area contributed by atoms with Crippen molar-refractivity contribution in [1.82, 2.24) is 4.90 Å². The van der Waals surface area contributed by atoms with Gasteiger partial charge in [-0.2, -0.15) is 0 Å². The zero-order chi connectivity index (χ0) is 23.6. The van der Waals surface area contributed by atoms with Crippen LogP contribution < -0.4 is 0 Å². The Bertz CT molecular complexity index is 814. The van der Waals surface area contributed by atoms with E-state index in [1.807, 2.05) is 0 Å². The van der Waals surface area contributed by atoms with Gasteiger partial charge in [-0.15, -0.1) is 0 Å². The van der Waals surface area contributed by atoms with Crippen molar-refractivity contribution < 1.29 is 34.3 Å². The van der Waals surface area contributed by atoms with Gasteiger partial charge >= 0.3 is 0 Å². The molecule has 6 aliphatic rings. The first kappa shape index (κ1) is 23.1. The van der Waals surface area contributed by atoms with E-state index >= 15 is 0 Å². The highest BCUT2D eigenvalue weighted by atomic mass is 16.5. The molecule has 1 heterocycles. The summed E-state index contributed by atoms with van der Waals surface area (Å²) in [6.07, 6.45) is 1.81. The van der Waals surface area contributed by atoms with Crippen molar-refractivity contribution in [3.05, 3.63) is 0 Å². The molecule has 0 amide bonds. The Morgan fingerprint density at radius 3 is 2.36 bits per heavy atom. The zero-order valence-electron chi connectivity index (χ0n) is 20.6. The van der Waals surface area contributed by atoms with Crippen molar-refractivity contribution in [2.24, 2.45) is 34.5 Å². The number of hydrogen-bond donors (Lipinski definition) is 3. The molecule has 3 N–H and O–H groups in total. The first-order valence-electron chi connectivity index (χ1n) is 12.7. The van der Waals surface area contributed by atoms with Crippen molar-refractivity contribution >= 4 is 0 Å². The lowest BCUT2D eigenvalue weighted by atomic mass is 9.42. The van der Waals surface area contributed by atoms with E-state index in [-0.39, 0.29) is 54.6 Å². The molecular formula is C25H41NO7. The summed E-state index contributed by atoms with van der Waals surface area (Å²) in [5.41, 5.74) is -3.78. The summed E-state index contributed by atoms with van der Waals surface area (Å²) >= 11 is 0. The van der Waals surface area contributed by atoms with Gasteiger partial charge in [0.05, 0.1) is 37.1 Å². The summed E-state index contributed by atoms with van der Waals surface area (Å²) in [4.78, 5) is 2.33. The van der Waals surface area contributed by atoms with E-state index in [1.54, 1.807) is 28.4 Å². The Balaban J connectivity index is 1.68. The molecule has 1 saturated heterocycles. The fourth-order valence-electron chi connectivity index (χ4n) is 11.0. The maximum Gasteiger partial charge on any atom is 0.136 e. The van der Waals surface area contributed by atoms with Crippen LogP contribution in [0.3, 0.4) is 0 Å². The number of methoxy groups -OCH3 is 4. The molecule has 0 aromatic carbocycles. The highest BCUT2D eigenvalue weighted by molar-refractivity contribution is 5.41. The van der Waals surface area contributed by atoms with Gasteiger partial charge in [-0.1, -0.05) is 6.92 Å². The smallest absolute Gasteiger partial charge is 0.136 e. The number of fused-ring (bicyclic) bond motifs is 2. The van der Waals surface area contributed by atoms with Gasteiger partial charge in [0.15, 0.2) is 0 Å². The van der Waals surface area contributed by atoms with Crippen molar-refractivity contribution in [3.63, 3.8) is 0 Å². The lowest BCUT2D eigenvalue weighted by Gasteiger charge is -2.70. The van der Waals surface area contributed by atoms with E-state index in [4.69, 9.17) is 18.9 Å². The Morgan fingerprint density at radius 2 is 1.79 bits per heavy atom. The lowest BCUT2D eigenvalue weighted by molar-refractivity contribution is -0.320. The third-order valence-electron chi connectivity index (χ3n) is 11.6. The van der Waals surface area contributed by atoms with Crippen molar-refractivity contribution in [2.75, 3.05) is 48.1 Å². The second-order valence-electron chi connectivity index (χ2n) is 11.8. The molecule has 5 saturated carbocycles. The van der Waals surface area contributed by atoms with Gasteiger partial charge in [0, 0.05) is 70.0 Å². The average molecular weight is 468 g/mol. The highest BCUT2D eigenvalue weighted by Gasteiger charge is 2.91. The topological polar surface area (TPSA) is 101 Å². The predicted molar refractivity (Wildman–Crippen MR) is 119 cm³/mol. The van der Waals surface area contributed by atoms with E-state index in [0.717, 1.165) is 25.8 Å². The standard InChI is InChI=1S/C25H41NO7/c1-6-26-11-22(12-27)8-7-16(31-3)24-14-9-13-15(30-2)10-23(28,17(14)18(13)32-4)25(29,21(24)26)20(33-5)19(22)24/h13-21,27-29H,6-12H2,1-5H3/t13-,14-,15+,16+,17-,18+,19-,20-,21+,22+,23-,24+,25-/m1/s1. The number of piperidine rings is 1. The molecule has 0 unspecified atom stereocenters. The van der Waals surface area contributed by atoms with Crippen LogP contribution in [0.1, 0.15) is 32.6 Å². The first-order valence-corrected chi connectivity index (χ1v) is 12.7. The summed E-state index contributed by atoms with van der Waals surface area (Å²) in [6, 6.07) is -0.312. The van der Waals surface area contributed by atoms with Crippen molar-refractivity contribution in [2.45, 2.75) is 74.3 Å². The Kier molecular flexibility index (Phi) is 4.99. The molecule has 8 nitrogen and oxygen atoms in total. The minimum absolute atomic E-state index is 0.0443. The Labute approximate surface area is 196 Å². The largest absolute Gasteiger partial charge is 0.396 e. The number of nitrogens with zero attached hydrogens (tertiary/aromatic N) is 1. The predicted octanol–water partition coefficient (Wildman–Crippen LogP) is 0.271. The van der Waals surface area contributed by atoms with Crippen LogP contribution in [0.2, 0.25) is 0 Å². The van der Waals surface area contributed by atoms with Crippen LogP contribution in [0, 0.1) is 34.5 Å². The fourth-order valence-corrected chi connectivity index (χ4v) is 11.0. The first-order chi connectivity index (χ1) is 15.8. The van der Waals surface area contributed by atoms with Crippen molar-refractivity contribution in [3.8, 4) is 0 Å². The molecule has 0 aromatic heterocycles. The molecule has 8 heteroatoms. The number of hydrogen-bond acceptors (Lipinski definition) is 8. The molecule has 5 aliphatic carbocycles. The van der Waals surface area contributed by atoms with Gasteiger partial charge in [-0.05, 0) is 31.7 Å². The third kappa shape index (κ3) is 2.16. The van der Waals surface area contributed by atoms with Gasteiger partial charge in [-0.3, -0.25) is 4.90 Å². The van der Waals surface area contributed by atoms with Crippen LogP contribution in [0.25, 0.3) is 0 Å². The minimum atomic E-state index is -1.52. The summed E-state index contributed by atoms with van der Waals surface area (Å²) in [6.45, 7) is 3.59. The Morgan fingerprint density at radius 1 is 1.03 bits per heavy atom. The van der Waals surface area contributed by atoms with E-state index in [9.17, 15) is 15.3 Å². The van der Waals surface area contributed by atoms with E-state index in [1.165, 1.54) is 0 Å². The molecule has 6 rings (SSSR count). The molecule has 13 atom stereocenters. The molecule has 188 valence electrons. The fraction of sp³-hybridized carbons (Fsp3) is 1.00. The van der Waals surface area contributed by atoms with Crippen LogP contribution in [-0.2, 0) is 18.9 Å². The molecule has 6 fully saturated rings. The maximum atomic E-state index is 13.0. The van der Waals surface area contributed by atoms with Gasteiger partial charge in [0.25, 0.3) is 0 Å². The summed E-state index contributed by atoms with van der Waals surface area (Å²) in [5, 5.41) is 36.6. The highest BCUT2D eigenvalue weighted by Crippen LogP contribution is 2.80. The monoisotopic (exact) mass is 467 g/mol. The number of aliphatic hydroxyl groups is 3. The molecule has 0 radical (unpaired) electrons. The zero-order valence-corrected chi connectivity index (χ0v) is 20.6. The molecule has 0 aromatic rings. The van der Waals surface area contributed by atoms with Crippen molar-refractivity contribution in [1.29, 1.82) is 0 Å². The molecule has 1 spiro atoms. The SMILES string of the molecule is CCN1C[C@]2(CO)CC[C@H](OC)[C@@]34[C@@H]5C[C@H]6[C@H](OC)[C@@H]5[C@](O)(C[C@@H]6OC)[C@@](O)([C@H](OC)[C@H]23)[C@@H]14. The van der Waals surface area contributed by atoms with Crippen LogP contribution >= 0.6 is 0 Å². The number of ether oxygens (including phenoxy) is 4. The maximum absolute atomic E-state index is 13.0. The van der Waals surface area contributed by atoms with Gasteiger partial charge in [0.1, 0.15) is 11.2 Å². The number of likely N-dealkylation sites (tertiary alicyclic amines) is 1. The van der Waals surface area contributed by atoms with E-state index < -0.39 is 28.1 Å². The third-order valence-corrected chi connectivity index (χ3v) is 11.6. The van der Waals surface area contributed by atoms with E-state index in [0.29, 0.717) is 13.0 Å². The number of rotatable bonds is 6. The minimum Gasteiger partial charge on any atom is -0.396 e. The average Bonchev–Trinajstić information content (AvgIpc) is 3.24. The van der Waals surface area contributed by atoms with Crippen LogP contribution in [-0.4, -0.2) is 110 Å². The second-order valence-corrected chi connectivity index (χ2v) is 11.8. The molecule has 1 aliphatic heterocycles.